The molecule has 4 bridgehead atoms. The van der Waals surface area contributed by atoms with Crippen molar-refractivity contribution in [3.05, 3.63) is 11.6 Å². The van der Waals surface area contributed by atoms with Crippen molar-refractivity contribution in [3.63, 3.8) is 0 Å². The van der Waals surface area contributed by atoms with E-state index < -0.39 is 29.0 Å². The SMILES string of the molecule is C/C1=C\C[C@@H](O)[C@@]2(C)CC[C@@](C(C)C)(C[C@@H](O)[C@]3(C)CC[C@H]1O3)O2. The minimum absolute atomic E-state index is 0.0534. The second-order valence-electron chi connectivity index (χ2n) is 9.01. The number of hydrogen-bond donors (Lipinski definition) is 2. The van der Waals surface area contributed by atoms with E-state index >= 15 is 0 Å². The van der Waals surface area contributed by atoms with Crippen LogP contribution in [0.4, 0.5) is 0 Å². The van der Waals surface area contributed by atoms with Gasteiger partial charge in [-0.2, -0.15) is 0 Å². The summed E-state index contributed by atoms with van der Waals surface area (Å²) in [6, 6.07) is 0. The Kier molecular flexibility index (Phi) is 4.66. The summed E-state index contributed by atoms with van der Waals surface area (Å²) in [6.07, 6.45) is 5.71. The fourth-order valence-corrected chi connectivity index (χ4v) is 4.69. The fourth-order valence-electron chi connectivity index (χ4n) is 4.69. The molecule has 2 saturated heterocycles. The minimum Gasteiger partial charge on any atom is -0.390 e. The summed E-state index contributed by atoms with van der Waals surface area (Å²) in [5, 5.41) is 21.8. The lowest BCUT2D eigenvalue weighted by molar-refractivity contribution is -0.190. The van der Waals surface area contributed by atoms with E-state index in [4.69, 9.17) is 9.47 Å². The molecule has 4 heteroatoms. The molecule has 0 saturated carbocycles. The van der Waals surface area contributed by atoms with E-state index in [1.165, 1.54) is 0 Å². The average molecular weight is 338 g/mol. The lowest BCUT2D eigenvalue weighted by Crippen LogP contribution is -2.50. The van der Waals surface area contributed by atoms with Crippen molar-refractivity contribution in [2.75, 3.05) is 0 Å². The molecule has 2 fully saturated rings. The van der Waals surface area contributed by atoms with Gasteiger partial charge in [-0.05, 0) is 64.4 Å². The Hall–Kier alpha value is -0.420. The molecule has 138 valence electrons. The van der Waals surface area contributed by atoms with Crippen LogP contribution in [-0.2, 0) is 9.47 Å². The summed E-state index contributed by atoms with van der Waals surface area (Å²) < 4.78 is 12.8. The largest absolute Gasteiger partial charge is 0.390 e. The van der Waals surface area contributed by atoms with Gasteiger partial charge in [-0.3, -0.25) is 0 Å². The molecular formula is C20H34O4. The summed E-state index contributed by atoms with van der Waals surface area (Å²) >= 11 is 0. The first-order valence-electron chi connectivity index (χ1n) is 9.51. The van der Waals surface area contributed by atoms with Gasteiger partial charge >= 0.3 is 0 Å². The maximum Gasteiger partial charge on any atom is 0.0924 e. The monoisotopic (exact) mass is 338 g/mol. The summed E-state index contributed by atoms with van der Waals surface area (Å²) in [5.74, 6) is 0.280. The van der Waals surface area contributed by atoms with Gasteiger partial charge in [0, 0.05) is 6.42 Å². The molecule has 2 N–H and O–H groups in total. The molecule has 0 radical (unpaired) electrons. The van der Waals surface area contributed by atoms with Crippen LogP contribution in [0.25, 0.3) is 0 Å². The van der Waals surface area contributed by atoms with Gasteiger partial charge in [-0.1, -0.05) is 19.9 Å². The first-order valence-corrected chi connectivity index (χ1v) is 9.51. The van der Waals surface area contributed by atoms with Crippen LogP contribution in [0.3, 0.4) is 0 Å². The number of hydrogen-bond acceptors (Lipinski definition) is 4. The van der Waals surface area contributed by atoms with Crippen molar-refractivity contribution in [1.29, 1.82) is 0 Å². The highest BCUT2D eigenvalue weighted by Gasteiger charge is 2.54. The standard InChI is InChI=1S/C20H34O4/c1-13(2)20-11-10-19(5,24-20)16(21)7-6-14(3)15-8-9-18(4,23-15)17(22)12-20/h6,13,15-17,21-22H,7-12H2,1-5H3/b14-6+/t15-,16-,17-,18+,19-,20+/m1/s1. The molecule has 3 heterocycles. The summed E-state index contributed by atoms with van der Waals surface area (Å²) in [4.78, 5) is 0. The molecular weight excluding hydrogens is 304 g/mol. The van der Waals surface area contributed by atoms with E-state index in [-0.39, 0.29) is 12.0 Å². The molecule has 4 nitrogen and oxygen atoms in total. The zero-order valence-electron chi connectivity index (χ0n) is 15.8. The van der Waals surface area contributed by atoms with Crippen molar-refractivity contribution in [1.82, 2.24) is 0 Å². The van der Waals surface area contributed by atoms with Gasteiger partial charge in [-0.15, -0.1) is 0 Å². The predicted octanol–water partition coefficient (Wildman–Crippen LogP) is 3.35. The van der Waals surface area contributed by atoms with Crippen LogP contribution < -0.4 is 0 Å². The first kappa shape index (κ1) is 18.4. The van der Waals surface area contributed by atoms with Gasteiger partial charge < -0.3 is 19.7 Å². The second-order valence-corrected chi connectivity index (χ2v) is 9.01. The zero-order valence-corrected chi connectivity index (χ0v) is 15.8. The number of fused-ring (bicyclic) bond motifs is 4. The van der Waals surface area contributed by atoms with Crippen LogP contribution >= 0.6 is 0 Å². The van der Waals surface area contributed by atoms with Gasteiger partial charge in [0.2, 0.25) is 0 Å². The maximum absolute atomic E-state index is 11.0. The molecule has 0 spiro atoms. The van der Waals surface area contributed by atoms with E-state index in [1.54, 1.807) is 0 Å². The second kappa shape index (κ2) is 6.08. The van der Waals surface area contributed by atoms with Crippen molar-refractivity contribution in [3.8, 4) is 0 Å². The first-order chi connectivity index (χ1) is 11.1. The zero-order chi connectivity index (χ0) is 17.8. The fraction of sp³-hybridized carbons (Fsp3) is 0.900. The molecule has 0 aliphatic carbocycles. The summed E-state index contributed by atoms with van der Waals surface area (Å²) in [7, 11) is 0. The molecule has 0 aromatic carbocycles. The van der Waals surface area contributed by atoms with E-state index in [0.29, 0.717) is 12.8 Å². The minimum atomic E-state index is -0.559. The lowest BCUT2D eigenvalue weighted by atomic mass is 9.78. The average Bonchev–Trinajstić information content (AvgIpc) is 3.08. The number of rotatable bonds is 1. The number of aliphatic hydroxyl groups is 2. The van der Waals surface area contributed by atoms with Crippen LogP contribution in [-0.4, -0.2) is 45.3 Å². The molecule has 0 amide bonds. The van der Waals surface area contributed by atoms with Crippen LogP contribution in [0.5, 0.6) is 0 Å². The third kappa shape index (κ3) is 2.96. The van der Waals surface area contributed by atoms with Gasteiger partial charge in [-0.25, -0.2) is 0 Å². The number of ether oxygens (including phenoxy) is 2. The van der Waals surface area contributed by atoms with E-state index in [0.717, 1.165) is 31.3 Å². The van der Waals surface area contributed by atoms with E-state index in [9.17, 15) is 10.2 Å². The molecule has 3 rings (SSSR count). The molecule has 3 aliphatic rings. The number of aliphatic hydroxyl groups excluding tert-OH is 2. The van der Waals surface area contributed by atoms with Gasteiger partial charge in [0.05, 0.1) is 35.1 Å². The highest BCUT2D eigenvalue weighted by atomic mass is 16.5. The molecule has 3 aliphatic heterocycles. The van der Waals surface area contributed by atoms with Crippen molar-refractivity contribution < 1.29 is 19.7 Å². The summed E-state index contributed by atoms with van der Waals surface area (Å²) in [5.41, 5.74) is -0.289. The predicted molar refractivity (Wildman–Crippen MR) is 93.8 cm³/mol. The van der Waals surface area contributed by atoms with Crippen molar-refractivity contribution in [2.24, 2.45) is 5.92 Å². The van der Waals surface area contributed by atoms with E-state index in [1.807, 2.05) is 13.8 Å². The quantitative estimate of drug-likeness (QED) is 0.720. The summed E-state index contributed by atoms with van der Waals surface area (Å²) in [6.45, 7) is 10.4. The van der Waals surface area contributed by atoms with E-state index in [2.05, 4.69) is 26.8 Å². The van der Waals surface area contributed by atoms with Crippen LogP contribution in [0.2, 0.25) is 0 Å². The van der Waals surface area contributed by atoms with Crippen LogP contribution in [0.15, 0.2) is 11.6 Å². The lowest BCUT2D eigenvalue weighted by Gasteiger charge is -2.42. The maximum atomic E-state index is 11.0. The third-order valence-corrected chi connectivity index (χ3v) is 6.97. The van der Waals surface area contributed by atoms with Crippen molar-refractivity contribution in [2.45, 2.75) is 108 Å². The highest BCUT2D eigenvalue weighted by Crippen LogP contribution is 2.49. The Balaban J connectivity index is 1.98. The normalized spacial score (nSPS) is 51.8. The topological polar surface area (TPSA) is 58.9 Å². The Bertz CT molecular complexity index is 516. The van der Waals surface area contributed by atoms with Crippen LogP contribution in [0, 0.1) is 5.92 Å². The molecule has 0 aromatic heterocycles. The Morgan fingerprint density at radius 1 is 1.08 bits per heavy atom. The highest BCUT2D eigenvalue weighted by molar-refractivity contribution is 5.13. The third-order valence-electron chi connectivity index (χ3n) is 6.97. The Morgan fingerprint density at radius 2 is 1.79 bits per heavy atom. The Morgan fingerprint density at radius 3 is 2.46 bits per heavy atom. The molecule has 0 aromatic rings. The molecule has 6 atom stereocenters. The smallest absolute Gasteiger partial charge is 0.0924 e. The van der Waals surface area contributed by atoms with Crippen LogP contribution in [0.1, 0.15) is 73.1 Å². The molecule has 24 heavy (non-hydrogen) atoms. The Labute approximate surface area is 146 Å². The van der Waals surface area contributed by atoms with Gasteiger partial charge in [0.15, 0.2) is 0 Å². The van der Waals surface area contributed by atoms with Gasteiger partial charge in [0.25, 0.3) is 0 Å². The van der Waals surface area contributed by atoms with Crippen molar-refractivity contribution >= 4 is 0 Å². The van der Waals surface area contributed by atoms with Gasteiger partial charge in [0.1, 0.15) is 0 Å². The molecule has 0 unspecified atom stereocenters.